The Morgan fingerprint density at radius 1 is 1.10 bits per heavy atom. The molecule has 2 aromatic carbocycles. The standard InChI is InChI=1S/C22H27ClN2O4S/c1-16-12-17(2)14-19(13-16)29-11-10-24(3)22(26)18-6-7-20(23)21(15-18)30(27,28)25-8-4-5-9-25/h6-7,12-15H,4-5,8-11H2,1-3H3. The van der Waals surface area contributed by atoms with Crippen LogP contribution in [-0.4, -0.2) is 56.8 Å². The summed E-state index contributed by atoms with van der Waals surface area (Å²) in [4.78, 5) is 14.3. The number of hydrogen-bond acceptors (Lipinski definition) is 4. The molecule has 30 heavy (non-hydrogen) atoms. The average molecular weight is 451 g/mol. The van der Waals surface area contributed by atoms with Crippen LogP contribution in [-0.2, 0) is 10.0 Å². The summed E-state index contributed by atoms with van der Waals surface area (Å²) >= 11 is 6.17. The molecule has 1 aliphatic rings. The number of aryl methyl sites for hydroxylation is 2. The van der Waals surface area contributed by atoms with Crippen molar-refractivity contribution in [3.8, 4) is 5.75 Å². The lowest BCUT2D eigenvalue weighted by Crippen LogP contribution is -2.31. The maximum atomic E-state index is 12.9. The Morgan fingerprint density at radius 2 is 1.73 bits per heavy atom. The number of carbonyl (C=O) groups excluding carboxylic acids is 1. The van der Waals surface area contributed by atoms with Crippen molar-refractivity contribution in [1.29, 1.82) is 0 Å². The van der Waals surface area contributed by atoms with Crippen LogP contribution in [0.5, 0.6) is 5.75 Å². The fourth-order valence-corrected chi connectivity index (χ4v) is 5.56. The first kappa shape index (κ1) is 22.6. The highest BCUT2D eigenvalue weighted by atomic mass is 35.5. The molecule has 2 aromatic rings. The van der Waals surface area contributed by atoms with Crippen LogP contribution in [0.2, 0.25) is 5.02 Å². The Kier molecular flexibility index (Phi) is 7.06. The van der Waals surface area contributed by atoms with Crippen LogP contribution in [0.4, 0.5) is 0 Å². The first-order chi connectivity index (χ1) is 14.2. The van der Waals surface area contributed by atoms with Gasteiger partial charge in [0.25, 0.3) is 5.91 Å². The molecule has 1 fully saturated rings. The Balaban J connectivity index is 1.68. The van der Waals surface area contributed by atoms with Crippen molar-refractivity contribution in [3.63, 3.8) is 0 Å². The number of amides is 1. The summed E-state index contributed by atoms with van der Waals surface area (Å²) in [5, 5.41) is 0.124. The molecule has 1 saturated heterocycles. The molecule has 6 nitrogen and oxygen atoms in total. The van der Waals surface area contributed by atoms with Crippen molar-refractivity contribution in [3.05, 3.63) is 58.1 Å². The number of nitrogens with zero attached hydrogens (tertiary/aromatic N) is 2. The number of rotatable bonds is 7. The molecule has 3 rings (SSSR count). The van der Waals surface area contributed by atoms with Gasteiger partial charge < -0.3 is 9.64 Å². The molecule has 0 saturated carbocycles. The molecule has 1 aliphatic heterocycles. The first-order valence-corrected chi connectivity index (χ1v) is 11.8. The number of carbonyl (C=O) groups is 1. The third kappa shape index (κ3) is 5.14. The van der Waals surface area contributed by atoms with Gasteiger partial charge in [-0.3, -0.25) is 4.79 Å². The minimum atomic E-state index is -3.71. The highest BCUT2D eigenvalue weighted by molar-refractivity contribution is 7.89. The number of hydrogen-bond donors (Lipinski definition) is 0. The summed E-state index contributed by atoms with van der Waals surface area (Å²) < 4.78 is 33.0. The molecule has 8 heteroatoms. The summed E-state index contributed by atoms with van der Waals surface area (Å²) in [5.41, 5.74) is 2.51. The fourth-order valence-electron chi connectivity index (χ4n) is 3.54. The van der Waals surface area contributed by atoms with Gasteiger partial charge in [-0.2, -0.15) is 4.31 Å². The molecule has 1 heterocycles. The summed E-state index contributed by atoms with van der Waals surface area (Å²) in [6.07, 6.45) is 1.66. The summed E-state index contributed by atoms with van der Waals surface area (Å²) in [6.45, 7) is 5.66. The number of ether oxygens (including phenoxy) is 1. The Bertz CT molecular complexity index is 1010. The van der Waals surface area contributed by atoms with Crippen molar-refractivity contribution in [2.45, 2.75) is 31.6 Å². The van der Waals surface area contributed by atoms with E-state index >= 15 is 0 Å². The number of benzene rings is 2. The zero-order chi connectivity index (χ0) is 21.9. The van der Waals surface area contributed by atoms with Crippen LogP contribution in [0.25, 0.3) is 0 Å². The molecule has 0 aromatic heterocycles. The minimum Gasteiger partial charge on any atom is -0.492 e. The van der Waals surface area contributed by atoms with Crippen molar-refractivity contribution in [1.82, 2.24) is 9.21 Å². The van der Waals surface area contributed by atoms with E-state index in [1.165, 1.54) is 21.3 Å². The molecule has 0 radical (unpaired) electrons. The molecular weight excluding hydrogens is 424 g/mol. The van der Waals surface area contributed by atoms with Crippen LogP contribution in [0.15, 0.2) is 41.3 Å². The molecule has 0 spiro atoms. The SMILES string of the molecule is Cc1cc(C)cc(OCCN(C)C(=O)c2ccc(Cl)c(S(=O)(=O)N3CCCC3)c2)c1. The lowest BCUT2D eigenvalue weighted by Gasteiger charge is -2.20. The maximum absolute atomic E-state index is 12.9. The van der Waals surface area contributed by atoms with Crippen molar-refractivity contribution >= 4 is 27.5 Å². The van der Waals surface area contributed by atoms with Gasteiger partial charge in [-0.05, 0) is 68.1 Å². The molecule has 0 bridgehead atoms. The van der Waals surface area contributed by atoms with Crippen LogP contribution in [0.3, 0.4) is 0 Å². The quantitative estimate of drug-likeness (QED) is 0.641. The molecule has 0 atom stereocenters. The van der Waals surface area contributed by atoms with Crippen LogP contribution >= 0.6 is 11.6 Å². The van der Waals surface area contributed by atoms with Crippen LogP contribution in [0.1, 0.15) is 34.3 Å². The summed E-state index contributed by atoms with van der Waals surface area (Å²) in [5.74, 6) is 0.479. The van der Waals surface area contributed by atoms with Gasteiger partial charge in [0, 0.05) is 25.7 Å². The Morgan fingerprint density at radius 3 is 2.37 bits per heavy atom. The molecule has 0 unspecified atom stereocenters. The van der Waals surface area contributed by atoms with E-state index in [1.807, 2.05) is 26.0 Å². The number of likely N-dealkylation sites (N-methyl/N-ethyl adjacent to an activating group) is 1. The van der Waals surface area contributed by atoms with E-state index in [9.17, 15) is 13.2 Å². The fraction of sp³-hybridized carbons (Fsp3) is 0.409. The van der Waals surface area contributed by atoms with Gasteiger partial charge in [0.05, 0.1) is 11.6 Å². The smallest absolute Gasteiger partial charge is 0.253 e. The third-order valence-corrected chi connectivity index (χ3v) is 7.48. The van der Waals surface area contributed by atoms with Gasteiger partial charge >= 0.3 is 0 Å². The van der Waals surface area contributed by atoms with Crippen LogP contribution in [0, 0.1) is 13.8 Å². The monoisotopic (exact) mass is 450 g/mol. The van der Waals surface area contributed by atoms with Crippen LogP contribution < -0.4 is 4.74 Å². The second-order valence-corrected chi connectivity index (χ2v) is 9.97. The van der Waals surface area contributed by atoms with E-state index in [0.29, 0.717) is 26.2 Å². The topological polar surface area (TPSA) is 66.9 Å². The van der Waals surface area contributed by atoms with E-state index in [1.54, 1.807) is 13.1 Å². The maximum Gasteiger partial charge on any atom is 0.253 e. The van der Waals surface area contributed by atoms with E-state index < -0.39 is 10.0 Å². The zero-order valence-electron chi connectivity index (χ0n) is 17.5. The van der Waals surface area contributed by atoms with Gasteiger partial charge in [0.1, 0.15) is 17.3 Å². The molecule has 0 aliphatic carbocycles. The van der Waals surface area contributed by atoms with Crippen molar-refractivity contribution < 1.29 is 17.9 Å². The van der Waals surface area contributed by atoms with Gasteiger partial charge in [-0.1, -0.05) is 17.7 Å². The molecule has 0 N–H and O–H groups in total. The molecular formula is C22H27ClN2O4S. The number of sulfonamides is 1. The largest absolute Gasteiger partial charge is 0.492 e. The predicted molar refractivity (Wildman–Crippen MR) is 118 cm³/mol. The van der Waals surface area contributed by atoms with E-state index in [2.05, 4.69) is 6.07 Å². The second kappa shape index (κ2) is 9.37. The number of halogens is 1. The zero-order valence-corrected chi connectivity index (χ0v) is 19.1. The summed E-state index contributed by atoms with van der Waals surface area (Å²) in [7, 11) is -2.04. The van der Waals surface area contributed by atoms with Crippen molar-refractivity contribution in [2.75, 3.05) is 33.3 Å². The van der Waals surface area contributed by atoms with Gasteiger partial charge in [0.15, 0.2) is 0 Å². The lowest BCUT2D eigenvalue weighted by molar-refractivity contribution is 0.0773. The highest BCUT2D eigenvalue weighted by Gasteiger charge is 2.30. The Hall–Kier alpha value is -2.09. The lowest BCUT2D eigenvalue weighted by atomic mass is 10.1. The normalized spacial score (nSPS) is 14.7. The van der Waals surface area contributed by atoms with Gasteiger partial charge in [-0.15, -0.1) is 0 Å². The third-order valence-electron chi connectivity index (χ3n) is 5.10. The molecule has 1 amide bonds. The Labute approximate surface area is 183 Å². The summed E-state index contributed by atoms with van der Waals surface area (Å²) in [6, 6.07) is 10.4. The van der Waals surface area contributed by atoms with Gasteiger partial charge in [-0.25, -0.2) is 8.42 Å². The first-order valence-electron chi connectivity index (χ1n) is 9.95. The molecule has 162 valence electrons. The van der Waals surface area contributed by atoms with E-state index in [-0.39, 0.29) is 21.4 Å². The van der Waals surface area contributed by atoms with Gasteiger partial charge in [0.2, 0.25) is 10.0 Å². The predicted octanol–water partition coefficient (Wildman–Crippen LogP) is 3.89. The van der Waals surface area contributed by atoms with Crippen molar-refractivity contribution in [2.24, 2.45) is 0 Å². The van der Waals surface area contributed by atoms with E-state index in [0.717, 1.165) is 29.7 Å². The highest BCUT2D eigenvalue weighted by Crippen LogP contribution is 2.28. The average Bonchev–Trinajstić information content (AvgIpc) is 3.22. The minimum absolute atomic E-state index is 0.0168. The second-order valence-electron chi connectivity index (χ2n) is 7.65. The van der Waals surface area contributed by atoms with E-state index in [4.69, 9.17) is 16.3 Å².